The van der Waals surface area contributed by atoms with Crippen molar-refractivity contribution in [3.63, 3.8) is 0 Å². The summed E-state index contributed by atoms with van der Waals surface area (Å²) in [6.45, 7) is 4.32. The van der Waals surface area contributed by atoms with E-state index in [1.54, 1.807) is 24.2 Å². The Kier molecular flexibility index (Phi) is 5.31. The van der Waals surface area contributed by atoms with Gasteiger partial charge >= 0.3 is 0 Å². The number of aromatic nitrogens is 3. The zero-order chi connectivity index (χ0) is 17.8. The number of carbonyl (C=O) groups is 1. The number of morpholine rings is 1. The van der Waals surface area contributed by atoms with Crippen LogP contribution in [0.25, 0.3) is 0 Å². The molecule has 4 heterocycles. The molecule has 1 fully saturated rings. The van der Waals surface area contributed by atoms with Crippen molar-refractivity contribution in [2.45, 2.75) is 17.9 Å². The number of ether oxygens (including phenoxy) is 1. The van der Waals surface area contributed by atoms with Gasteiger partial charge in [-0.1, -0.05) is 0 Å². The Balaban J connectivity index is 1.40. The van der Waals surface area contributed by atoms with Crippen LogP contribution in [-0.4, -0.2) is 64.4 Å². The van der Waals surface area contributed by atoms with Gasteiger partial charge in [0.05, 0.1) is 31.2 Å². The normalized spacial score (nSPS) is 17.1. The van der Waals surface area contributed by atoms with E-state index in [1.807, 2.05) is 23.2 Å². The molecule has 0 spiro atoms. The van der Waals surface area contributed by atoms with Crippen LogP contribution in [0, 0.1) is 0 Å². The summed E-state index contributed by atoms with van der Waals surface area (Å²) in [5, 5.41) is 0. The molecular formula is C18H21N5O2S. The third-order valence-electron chi connectivity index (χ3n) is 4.59. The molecule has 0 aromatic carbocycles. The van der Waals surface area contributed by atoms with Crippen LogP contribution < -0.4 is 4.90 Å². The molecular weight excluding hydrogens is 350 g/mol. The summed E-state index contributed by atoms with van der Waals surface area (Å²) in [4.78, 5) is 30.9. The number of amides is 1. The second kappa shape index (κ2) is 8.01. The molecule has 2 aliphatic rings. The molecule has 0 bridgehead atoms. The maximum absolute atomic E-state index is 12.6. The molecule has 136 valence electrons. The molecule has 1 amide bonds. The fraction of sp³-hybridized carbons (Fsp3) is 0.444. The Morgan fingerprint density at radius 2 is 2.00 bits per heavy atom. The molecule has 7 nitrogen and oxygen atoms in total. The van der Waals surface area contributed by atoms with Gasteiger partial charge in [0, 0.05) is 43.1 Å². The first-order valence-corrected chi connectivity index (χ1v) is 9.76. The van der Waals surface area contributed by atoms with Crippen LogP contribution in [0.5, 0.6) is 0 Å². The van der Waals surface area contributed by atoms with E-state index in [-0.39, 0.29) is 5.91 Å². The Hall–Kier alpha value is -2.19. The van der Waals surface area contributed by atoms with Gasteiger partial charge in [-0.05, 0) is 24.1 Å². The van der Waals surface area contributed by atoms with Crippen LogP contribution in [-0.2, 0) is 22.5 Å². The summed E-state index contributed by atoms with van der Waals surface area (Å²) in [6, 6.07) is 3.84. The second-order valence-corrected chi connectivity index (χ2v) is 7.33. The lowest BCUT2D eigenvalue weighted by atomic mass is 10.1. The van der Waals surface area contributed by atoms with E-state index in [9.17, 15) is 4.79 Å². The molecule has 0 aliphatic carbocycles. The van der Waals surface area contributed by atoms with Crippen molar-refractivity contribution < 1.29 is 9.53 Å². The lowest BCUT2D eigenvalue weighted by Crippen LogP contribution is -2.40. The molecule has 0 saturated carbocycles. The quantitative estimate of drug-likeness (QED) is 0.752. The van der Waals surface area contributed by atoms with Gasteiger partial charge in [-0.3, -0.25) is 9.78 Å². The van der Waals surface area contributed by atoms with Gasteiger partial charge in [-0.2, -0.15) is 0 Å². The average Bonchev–Trinajstić information content (AvgIpc) is 2.72. The fourth-order valence-electron chi connectivity index (χ4n) is 3.09. The number of hydrogen-bond donors (Lipinski definition) is 0. The van der Waals surface area contributed by atoms with Gasteiger partial charge in [-0.15, -0.1) is 11.8 Å². The summed E-state index contributed by atoms with van der Waals surface area (Å²) in [5.74, 6) is 1.32. The molecule has 26 heavy (non-hydrogen) atoms. The summed E-state index contributed by atoms with van der Waals surface area (Å²) in [5.41, 5.74) is 2.11. The average molecular weight is 371 g/mol. The van der Waals surface area contributed by atoms with Crippen molar-refractivity contribution in [3.8, 4) is 0 Å². The number of nitrogens with zero attached hydrogens (tertiary/aromatic N) is 5. The minimum absolute atomic E-state index is 0.143. The van der Waals surface area contributed by atoms with Crippen LogP contribution in [0.15, 0.2) is 35.6 Å². The van der Waals surface area contributed by atoms with Crippen LogP contribution in [0.4, 0.5) is 5.95 Å². The Labute approximate surface area is 156 Å². The minimum atomic E-state index is 0.143. The van der Waals surface area contributed by atoms with E-state index in [2.05, 4.69) is 14.9 Å². The predicted octanol–water partition coefficient (Wildman–Crippen LogP) is 1.39. The van der Waals surface area contributed by atoms with E-state index >= 15 is 0 Å². The number of rotatable bonds is 4. The van der Waals surface area contributed by atoms with Gasteiger partial charge in [0.15, 0.2) is 0 Å². The summed E-state index contributed by atoms with van der Waals surface area (Å²) in [6.07, 6.45) is 6.22. The van der Waals surface area contributed by atoms with E-state index in [0.29, 0.717) is 25.5 Å². The molecule has 0 N–H and O–H groups in total. The van der Waals surface area contributed by atoms with E-state index in [0.717, 1.165) is 48.2 Å². The van der Waals surface area contributed by atoms with Crippen molar-refractivity contribution >= 4 is 23.6 Å². The Bertz CT molecular complexity index is 767. The third-order valence-corrected chi connectivity index (χ3v) is 5.59. The van der Waals surface area contributed by atoms with Gasteiger partial charge in [0.2, 0.25) is 11.9 Å². The Morgan fingerprint density at radius 1 is 1.19 bits per heavy atom. The number of fused-ring (bicyclic) bond motifs is 1. The lowest BCUT2D eigenvalue weighted by Gasteiger charge is -2.30. The maximum atomic E-state index is 12.6. The van der Waals surface area contributed by atoms with Crippen LogP contribution in [0.2, 0.25) is 0 Å². The number of hydrogen-bond acceptors (Lipinski definition) is 7. The highest BCUT2D eigenvalue weighted by Gasteiger charge is 2.24. The largest absolute Gasteiger partial charge is 0.378 e. The van der Waals surface area contributed by atoms with Crippen molar-refractivity contribution in [2.75, 3.05) is 43.5 Å². The summed E-state index contributed by atoms with van der Waals surface area (Å²) < 4.78 is 5.39. The molecule has 4 rings (SSSR count). The molecule has 0 atom stereocenters. The number of carbonyl (C=O) groups excluding carboxylic acids is 1. The van der Waals surface area contributed by atoms with E-state index < -0.39 is 0 Å². The van der Waals surface area contributed by atoms with Gasteiger partial charge in [0.1, 0.15) is 0 Å². The standard InChI is InChI=1S/C18H21N5O2S/c24-17(13-26-15-1-4-19-5-2-15)23-6-3-14-11-20-18(21-16(14)12-23)22-7-9-25-10-8-22/h1-2,4-5,11H,3,6-10,12-13H2. The SMILES string of the molecule is O=C(CSc1ccncc1)N1CCc2cnc(N3CCOCC3)nc2C1. The molecule has 1 saturated heterocycles. The molecule has 0 radical (unpaired) electrons. The van der Waals surface area contributed by atoms with Crippen molar-refractivity contribution in [2.24, 2.45) is 0 Å². The van der Waals surface area contributed by atoms with Crippen LogP contribution >= 0.6 is 11.8 Å². The first kappa shape index (κ1) is 17.2. The summed E-state index contributed by atoms with van der Waals surface area (Å²) >= 11 is 1.54. The third kappa shape index (κ3) is 3.96. The van der Waals surface area contributed by atoms with Crippen molar-refractivity contribution in [1.82, 2.24) is 19.9 Å². The van der Waals surface area contributed by atoms with E-state index in [1.165, 1.54) is 0 Å². The van der Waals surface area contributed by atoms with E-state index in [4.69, 9.17) is 9.72 Å². The van der Waals surface area contributed by atoms with Gasteiger partial charge < -0.3 is 14.5 Å². The topological polar surface area (TPSA) is 71.5 Å². The molecule has 2 aliphatic heterocycles. The molecule has 8 heteroatoms. The highest BCUT2D eigenvalue weighted by Crippen LogP contribution is 2.22. The second-order valence-electron chi connectivity index (χ2n) is 6.28. The van der Waals surface area contributed by atoms with Gasteiger partial charge in [-0.25, -0.2) is 9.97 Å². The van der Waals surface area contributed by atoms with Crippen molar-refractivity contribution in [3.05, 3.63) is 42.0 Å². The van der Waals surface area contributed by atoms with Crippen LogP contribution in [0.3, 0.4) is 0 Å². The number of anilines is 1. The first-order chi connectivity index (χ1) is 12.8. The first-order valence-electron chi connectivity index (χ1n) is 8.78. The van der Waals surface area contributed by atoms with Crippen molar-refractivity contribution in [1.29, 1.82) is 0 Å². The zero-order valence-corrected chi connectivity index (χ0v) is 15.3. The maximum Gasteiger partial charge on any atom is 0.233 e. The molecule has 0 unspecified atom stereocenters. The zero-order valence-electron chi connectivity index (χ0n) is 14.5. The summed E-state index contributed by atoms with van der Waals surface area (Å²) in [7, 11) is 0. The number of thioether (sulfide) groups is 1. The monoisotopic (exact) mass is 371 g/mol. The fourth-order valence-corrected chi connectivity index (χ4v) is 3.88. The Morgan fingerprint density at radius 3 is 2.81 bits per heavy atom. The van der Waals surface area contributed by atoms with Gasteiger partial charge in [0.25, 0.3) is 0 Å². The highest BCUT2D eigenvalue weighted by atomic mass is 32.2. The number of pyridine rings is 1. The molecule has 2 aromatic heterocycles. The van der Waals surface area contributed by atoms with Crippen LogP contribution in [0.1, 0.15) is 11.3 Å². The smallest absolute Gasteiger partial charge is 0.233 e. The lowest BCUT2D eigenvalue weighted by molar-refractivity contribution is -0.129. The minimum Gasteiger partial charge on any atom is -0.378 e. The predicted molar refractivity (Wildman–Crippen MR) is 99.1 cm³/mol. The molecule has 2 aromatic rings. The highest BCUT2D eigenvalue weighted by molar-refractivity contribution is 8.00.